The molecular weight excluding hydrogens is 318 g/mol. The van der Waals surface area contributed by atoms with Gasteiger partial charge in [0.2, 0.25) is 0 Å². The van der Waals surface area contributed by atoms with Gasteiger partial charge in [0.1, 0.15) is 11.4 Å². The van der Waals surface area contributed by atoms with Gasteiger partial charge in [-0.3, -0.25) is 0 Å². The maximum Gasteiger partial charge on any atom is 0.342 e. The van der Waals surface area contributed by atoms with Crippen molar-refractivity contribution in [1.29, 1.82) is 0 Å². The fourth-order valence-corrected chi connectivity index (χ4v) is 2.91. The zero-order valence-electron chi connectivity index (χ0n) is 14.6. The van der Waals surface area contributed by atoms with E-state index in [1.165, 1.54) is 0 Å². The number of carbonyl (C=O) groups is 1. The van der Waals surface area contributed by atoms with Crippen LogP contribution in [0, 0.1) is 0 Å². The number of ether oxygens (including phenoxy) is 1. The van der Waals surface area contributed by atoms with E-state index in [2.05, 4.69) is 25.0 Å². The van der Waals surface area contributed by atoms with E-state index in [-0.39, 0.29) is 12.1 Å². The third-order valence-corrected chi connectivity index (χ3v) is 4.03. The molecule has 0 unspecified atom stereocenters. The van der Waals surface area contributed by atoms with Crippen molar-refractivity contribution in [2.24, 2.45) is 0 Å². The van der Waals surface area contributed by atoms with Crippen molar-refractivity contribution >= 4 is 17.6 Å². The molecule has 1 aliphatic heterocycles. The second kappa shape index (κ2) is 7.92. The van der Waals surface area contributed by atoms with Crippen LogP contribution in [-0.4, -0.2) is 53.4 Å². The van der Waals surface area contributed by atoms with E-state index >= 15 is 0 Å². The summed E-state index contributed by atoms with van der Waals surface area (Å²) in [6, 6.07) is 7.40. The molecule has 7 nitrogen and oxygen atoms in total. The van der Waals surface area contributed by atoms with Crippen LogP contribution in [0.2, 0.25) is 0 Å². The SMILES string of the molecule is CC(C)OC(=O)c1cccnc1N1CCCN(c2cccnn2)CC1. The maximum atomic E-state index is 12.4. The Balaban J connectivity index is 1.76. The Kier molecular flexibility index (Phi) is 5.42. The van der Waals surface area contributed by atoms with E-state index in [1.54, 1.807) is 24.5 Å². The predicted octanol–water partition coefficient (Wildman–Crippen LogP) is 2.15. The molecule has 0 N–H and O–H groups in total. The highest BCUT2D eigenvalue weighted by molar-refractivity contribution is 5.94. The van der Waals surface area contributed by atoms with Gasteiger partial charge in [0.05, 0.1) is 6.10 Å². The Morgan fingerprint density at radius 3 is 2.60 bits per heavy atom. The first kappa shape index (κ1) is 17.1. The van der Waals surface area contributed by atoms with Crippen LogP contribution in [0.5, 0.6) is 0 Å². The molecule has 0 bridgehead atoms. The molecule has 0 aliphatic carbocycles. The number of pyridine rings is 1. The zero-order chi connectivity index (χ0) is 17.6. The molecule has 0 radical (unpaired) electrons. The average Bonchev–Trinajstić information content (AvgIpc) is 2.88. The van der Waals surface area contributed by atoms with E-state index in [0.717, 1.165) is 38.4 Å². The van der Waals surface area contributed by atoms with Crippen molar-refractivity contribution in [1.82, 2.24) is 15.2 Å². The van der Waals surface area contributed by atoms with E-state index in [4.69, 9.17) is 4.74 Å². The van der Waals surface area contributed by atoms with Crippen LogP contribution in [-0.2, 0) is 4.74 Å². The van der Waals surface area contributed by atoms with Gasteiger partial charge in [0, 0.05) is 38.6 Å². The van der Waals surface area contributed by atoms with E-state index < -0.39 is 0 Å². The van der Waals surface area contributed by atoms with Crippen LogP contribution in [0.1, 0.15) is 30.6 Å². The maximum absolute atomic E-state index is 12.4. The number of nitrogens with zero attached hydrogens (tertiary/aromatic N) is 5. The number of anilines is 2. The molecule has 25 heavy (non-hydrogen) atoms. The normalized spacial score (nSPS) is 15.2. The Labute approximate surface area is 147 Å². The van der Waals surface area contributed by atoms with E-state index in [1.807, 2.05) is 26.0 Å². The minimum absolute atomic E-state index is 0.156. The summed E-state index contributed by atoms with van der Waals surface area (Å²) >= 11 is 0. The molecule has 0 spiro atoms. The molecule has 0 aromatic carbocycles. The fourth-order valence-electron chi connectivity index (χ4n) is 2.91. The molecule has 7 heteroatoms. The predicted molar refractivity (Wildman–Crippen MR) is 95.9 cm³/mol. The molecule has 1 fully saturated rings. The Hall–Kier alpha value is -2.70. The lowest BCUT2D eigenvalue weighted by Gasteiger charge is -2.24. The van der Waals surface area contributed by atoms with Crippen LogP contribution in [0.3, 0.4) is 0 Å². The molecule has 1 aliphatic rings. The molecule has 0 atom stereocenters. The number of rotatable bonds is 4. The Bertz CT molecular complexity index is 708. The second-order valence-corrected chi connectivity index (χ2v) is 6.24. The van der Waals surface area contributed by atoms with Crippen molar-refractivity contribution in [3.63, 3.8) is 0 Å². The van der Waals surface area contributed by atoms with Gasteiger partial charge in [0.25, 0.3) is 0 Å². The van der Waals surface area contributed by atoms with Gasteiger partial charge < -0.3 is 14.5 Å². The summed E-state index contributed by atoms with van der Waals surface area (Å²) < 4.78 is 5.36. The first-order valence-corrected chi connectivity index (χ1v) is 8.59. The summed E-state index contributed by atoms with van der Waals surface area (Å²) in [5, 5.41) is 8.14. The molecule has 0 amide bonds. The van der Waals surface area contributed by atoms with Gasteiger partial charge in [-0.25, -0.2) is 9.78 Å². The number of aromatic nitrogens is 3. The van der Waals surface area contributed by atoms with Crippen molar-refractivity contribution < 1.29 is 9.53 Å². The van der Waals surface area contributed by atoms with Crippen LogP contribution in [0.25, 0.3) is 0 Å². The second-order valence-electron chi connectivity index (χ2n) is 6.24. The molecule has 2 aromatic rings. The summed E-state index contributed by atoms with van der Waals surface area (Å²) in [5.74, 6) is 1.24. The smallest absolute Gasteiger partial charge is 0.342 e. The standard InChI is InChI=1S/C18H23N5O2/c1-14(2)25-18(24)15-6-3-8-19-17(15)23-11-5-10-22(12-13-23)16-7-4-9-20-21-16/h3-4,6-9,14H,5,10-13H2,1-2H3. The Morgan fingerprint density at radius 1 is 1.08 bits per heavy atom. The highest BCUT2D eigenvalue weighted by Gasteiger charge is 2.22. The highest BCUT2D eigenvalue weighted by Crippen LogP contribution is 2.21. The summed E-state index contributed by atoms with van der Waals surface area (Å²) in [6.07, 6.45) is 4.18. The lowest BCUT2D eigenvalue weighted by molar-refractivity contribution is 0.0378. The highest BCUT2D eigenvalue weighted by atomic mass is 16.5. The summed E-state index contributed by atoms with van der Waals surface area (Å²) in [7, 11) is 0. The minimum Gasteiger partial charge on any atom is -0.459 e. The average molecular weight is 341 g/mol. The topological polar surface area (TPSA) is 71.5 Å². The van der Waals surface area contributed by atoms with E-state index in [9.17, 15) is 4.79 Å². The first-order chi connectivity index (χ1) is 12.1. The fraction of sp³-hybridized carbons (Fsp3) is 0.444. The van der Waals surface area contributed by atoms with Gasteiger partial charge >= 0.3 is 5.97 Å². The molecular formula is C18H23N5O2. The molecule has 1 saturated heterocycles. The lowest BCUT2D eigenvalue weighted by Crippen LogP contribution is -2.32. The monoisotopic (exact) mass is 341 g/mol. The van der Waals surface area contributed by atoms with Crippen LogP contribution in [0.15, 0.2) is 36.7 Å². The van der Waals surface area contributed by atoms with Gasteiger partial charge in [-0.2, -0.15) is 5.10 Å². The minimum atomic E-state index is -0.326. The zero-order valence-corrected chi connectivity index (χ0v) is 14.6. The quantitative estimate of drug-likeness (QED) is 0.789. The van der Waals surface area contributed by atoms with Gasteiger partial charge in [-0.15, -0.1) is 5.10 Å². The van der Waals surface area contributed by atoms with E-state index in [0.29, 0.717) is 11.4 Å². The van der Waals surface area contributed by atoms with Crippen molar-refractivity contribution in [3.05, 3.63) is 42.2 Å². The number of carbonyl (C=O) groups excluding carboxylic acids is 1. The Morgan fingerprint density at radius 2 is 1.84 bits per heavy atom. The molecule has 3 heterocycles. The largest absolute Gasteiger partial charge is 0.459 e. The van der Waals surface area contributed by atoms with Crippen molar-refractivity contribution in [2.45, 2.75) is 26.4 Å². The summed E-state index contributed by atoms with van der Waals surface area (Å²) in [4.78, 5) is 21.2. The number of hydrogen-bond acceptors (Lipinski definition) is 7. The molecule has 3 rings (SSSR count). The number of esters is 1. The van der Waals surface area contributed by atoms with Gasteiger partial charge in [-0.1, -0.05) is 0 Å². The third-order valence-electron chi connectivity index (χ3n) is 4.03. The van der Waals surface area contributed by atoms with Gasteiger partial charge in [-0.05, 0) is 44.5 Å². The van der Waals surface area contributed by atoms with Crippen LogP contribution >= 0.6 is 0 Å². The summed E-state index contributed by atoms with van der Waals surface area (Å²) in [5.41, 5.74) is 0.518. The molecule has 132 valence electrons. The van der Waals surface area contributed by atoms with Crippen molar-refractivity contribution in [2.75, 3.05) is 36.0 Å². The first-order valence-electron chi connectivity index (χ1n) is 8.59. The lowest BCUT2D eigenvalue weighted by atomic mass is 10.2. The number of hydrogen-bond donors (Lipinski definition) is 0. The van der Waals surface area contributed by atoms with Crippen molar-refractivity contribution in [3.8, 4) is 0 Å². The molecule has 2 aromatic heterocycles. The third kappa shape index (κ3) is 4.23. The summed E-state index contributed by atoms with van der Waals surface area (Å²) in [6.45, 7) is 6.98. The van der Waals surface area contributed by atoms with Gasteiger partial charge in [0.15, 0.2) is 5.82 Å². The van der Waals surface area contributed by atoms with Crippen LogP contribution < -0.4 is 9.80 Å². The van der Waals surface area contributed by atoms with Crippen LogP contribution in [0.4, 0.5) is 11.6 Å². The molecule has 0 saturated carbocycles.